The predicted molar refractivity (Wildman–Crippen MR) is 183 cm³/mol. The predicted octanol–water partition coefficient (Wildman–Crippen LogP) is 11.5. The monoisotopic (exact) mass is 564 g/mol. The highest BCUT2D eigenvalue weighted by atomic mass is 16.3. The van der Waals surface area contributed by atoms with Gasteiger partial charge >= 0.3 is 0 Å². The molecule has 0 N–H and O–H groups in total. The Bertz CT molecular complexity index is 2200. The molecule has 8 rings (SSSR count). The molecule has 44 heavy (non-hydrogen) atoms. The number of fused-ring (bicyclic) bond motifs is 3. The molecule has 8 aromatic rings. The van der Waals surface area contributed by atoms with E-state index in [1.165, 1.54) is 11.1 Å². The van der Waals surface area contributed by atoms with E-state index >= 15 is 0 Å². The molecule has 3 nitrogen and oxygen atoms in total. The van der Waals surface area contributed by atoms with Crippen LogP contribution in [0.1, 0.15) is 0 Å². The molecular formula is C41H28N2O. The maximum Gasteiger partial charge on any atom is 0.227 e. The van der Waals surface area contributed by atoms with Crippen LogP contribution in [0.15, 0.2) is 174 Å². The second-order valence-corrected chi connectivity index (χ2v) is 10.8. The standard InChI is InChI=1S/C41H28N2O/c1-4-14-29(15-5-1)30-24-26-34(27-25-30)43(37-23-13-12-21-35(37)31-16-6-2-7-17-31)38-28-33-20-10-11-22-36(33)39-40(38)44-41(42-39)32-18-8-3-9-19-32/h1-28H. The Morgan fingerprint density at radius 1 is 0.455 bits per heavy atom. The number of para-hydroxylation sites is 1. The highest BCUT2D eigenvalue weighted by Crippen LogP contribution is 2.46. The van der Waals surface area contributed by atoms with Gasteiger partial charge in [0.05, 0.1) is 11.4 Å². The van der Waals surface area contributed by atoms with Gasteiger partial charge in [-0.15, -0.1) is 0 Å². The molecule has 0 radical (unpaired) electrons. The quantitative estimate of drug-likeness (QED) is 0.201. The number of nitrogens with zero attached hydrogens (tertiary/aromatic N) is 2. The first kappa shape index (κ1) is 25.8. The molecule has 208 valence electrons. The first-order valence-corrected chi connectivity index (χ1v) is 14.8. The highest BCUT2D eigenvalue weighted by Gasteiger charge is 2.24. The number of rotatable bonds is 6. The summed E-state index contributed by atoms with van der Waals surface area (Å²) in [5.41, 5.74) is 10.2. The fourth-order valence-electron chi connectivity index (χ4n) is 5.97. The number of anilines is 3. The molecule has 0 bridgehead atoms. The molecule has 0 aliphatic heterocycles. The second-order valence-electron chi connectivity index (χ2n) is 10.8. The summed E-state index contributed by atoms with van der Waals surface area (Å²) >= 11 is 0. The third-order valence-electron chi connectivity index (χ3n) is 8.09. The van der Waals surface area contributed by atoms with E-state index in [-0.39, 0.29) is 0 Å². The topological polar surface area (TPSA) is 29.3 Å². The maximum absolute atomic E-state index is 6.70. The molecular weight excluding hydrogens is 536 g/mol. The van der Waals surface area contributed by atoms with Gasteiger partial charge in [0.1, 0.15) is 5.52 Å². The minimum atomic E-state index is 0.605. The number of aromatic nitrogens is 1. The smallest absolute Gasteiger partial charge is 0.227 e. The van der Waals surface area contributed by atoms with Crippen molar-refractivity contribution in [3.8, 4) is 33.7 Å². The summed E-state index contributed by atoms with van der Waals surface area (Å²) in [6.07, 6.45) is 0. The molecule has 0 aliphatic carbocycles. The molecule has 0 saturated heterocycles. The lowest BCUT2D eigenvalue weighted by Gasteiger charge is -2.28. The van der Waals surface area contributed by atoms with Gasteiger partial charge in [-0.25, -0.2) is 4.98 Å². The summed E-state index contributed by atoms with van der Waals surface area (Å²) in [5, 5.41) is 2.17. The van der Waals surface area contributed by atoms with E-state index in [2.05, 4.69) is 138 Å². The van der Waals surface area contributed by atoms with Gasteiger partial charge in [0, 0.05) is 22.2 Å². The average Bonchev–Trinajstić information content (AvgIpc) is 3.57. The van der Waals surface area contributed by atoms with Gasteiger partial charge in [-0.1, -0.05) is 133 Å². The van der Waals surface area contributed by atoms with Crippen LogP contribution < -0.4 is 4.90 Å². The fraction of sp³-hybridized carbons (Fsp3) is 0. The lowest BCUT2D eigenvalue weighted by Crippen LogP contribution is -2.11. The van der Waals surface area contributed by atoms with Crippen molar-refractivity contribution in [2.45, 2.75) is 0 Å². The third kappa shape index (κ3) is 4.61. The van der Waals surface area contributed by atoms with Gasteiger partial charge in [-0.05, 0) is 58.5 Å². The van der Waals surface area contributed by atoms with Crippen LogP contribution in [0.5, 0.6) is 0 Å². The molecule has 0 amide bonds. The molecule has 1 heterocycles. The number of oxazole rings is 1. The number of hydrogen-bond acceptors (Lipinski definition) is 3. The van der Waals surface area contributed by atoms with E-state index in [1.54, 1.807) is 0 Å². The second kappa shape index (κ2) is 11.0. The van der Waals surface area contributed by atoms with E-state index in [0.29, 0.717) is 5.89 Å². The van der Waals surface area contributed by atoms with Crippen LogP contribution in [0, 0.1) is 0 Å². The molecule has 0 spiro atoms. The lowest BCUT2D eigenvalue weighted by atomic mass is 10.00. The Kier molecular flexibility index (Phi) is 6.47. The molecule has 1 aromatic heterocycles. The van der Waals surface area contributed by atoms with Gasteiger partial charge in [-0.3, -0.25) is 0 Å². The van der Waals surface area contributed by atoms with Crippen LogP contribution >= 0.6 is 0 Å². The first-order valence-electron chi connectivity index (χ1n) is 14.8. The van der Waals surface area contributed by atoms with Gasteiger partial charge < -0.3 is 9.32 Å². The molecule has 0 saturated carbocycles. The van der Waals surface area contributed by atoms with Crippen molar-refractivity contribution in [2.24, 2.45) is 0 Å². The van der Waals surface area contributed by atoms with E-state index < -0.39 is 0 Å². The van der Waals surface area contributed by atoms with Crippen molar-refractivity contribution >= 4 is 38.9 Å². The van der Waals surface area contributed by atoms with Crippen molar-refractivity contribution in [2.75, 3.05) is 4.90 Å². The van der Waals surface area contributed by atoms with Crippen LogP contribution in [0.2, 0.25) is 0 Å². The minimum Gasteiger partial charge on any atom is -0.434 e. The molecule has 3 heteroatoms. The maximum atomic E-state index is 6.70. The third-order valence-corrected chi connectivity index (χ3v) is 8.09. The highest BCUT2D eigenvalue weighted by molar-refractivity contribution is 6.11. The summed E-state index contributed by atoms with van der Waals surface area (Å²) < 4.78 is 6.70. The Hall–Kier alpha value is -5.93. The first-order chi connectivity index (χ1) is 21.8. The van der Waals surface area contributed by atoms with Gasteiger partial charge in [0.2, 0.25) is 5.89 Å². The van der Waals surface area contributed by atoms with Crippen LogP contribution in [-0.4, -0.2) is 4.98 Å². The largest absolute Gasteiger partial charge is 0.434 e. The van der Waals surface area contributed by atoms with E-state index in [9.17, 15) is 0 Å². The average molecular weight is 565 g/mol. The van der Waals surface area contributed by atoms with E-state index in [1.807, 2.05) is 36.4 Å². The van der Waals surface area contributed by atoms with E-state index in [0.717, 1.165) is 55.6 Å². The van der Waals surface area contributed by atoms with Crippen LogP contribution in [0.25, 0.3) is 55.6 Å². The number of benzene rings is 7. The molecule has 7 aromatic carbocycles. The lowest BCUT2D eigenvalue weighted by molar-refractivity contribution is 0.620. The SMILES string of the molecule is c1ccc(-c2ccc(N(c3ccccc3-c3ccccc3)c3cc4ccccc4c4nc(-c5ccccc5)oc34)cc2)cc1. The van der Waals surface area contributed by atoms with Crippen molar-refractivity contribution in [1.29, 1.82) is 0 Å². The summed E-state index contributed by atoms with van der Waals surface area (Å²) in [5.74, 6) is 0.605. The zero-order valence-corrected chi connectivity index (χ0v) is 24.0. The van der Waals surface area contributed by atoms with Gasteiger partial charge in [0.15, 0.2) is 5.58 Å². The molecule has 0 atom stereocenters. The summed E-state index contributed by atoms with van der Waals surface area (Å²) in [7, 11) is 0. The summed E-state index contributed by atoms with van der Waals surface area (Å²) in [4.78, 5) is 7.39. The van der Waals surface area contributed by atoms with Crippen molar-refractivity contribution < 1.29 is 4.42 Å². The Labute approximate surface area is 256 Å². The normalized spacial score (nSPS) is 11.2. The minimum absolute atomic E-state index is 0.605. The number of hydrogen-bond donors (Lipinski definition) is 0. The van der Waals surface area contributed by atoms with Crippen molar-refractivity contribution in [1.82, 2.24) is 4.98 Å². The Morgan fingerprint density at radius 2 is 1.02 bits per heavy atom. The van der Waals surface area contributed by atoms with E-state index in [4.69, 9.17) is 9.40 Å². The molecule has 0 aliphatic rings. The zero-order valence-electron chi connectivity index (χ0n) is 24.0. The van der Waals surface area contributed by atoms with Crippen LogP contribution in [0.4, 0.5) is 17.1 Å². The summed E-state index contributed by atoms with van der Waals surface area (Å²) in [6, 6.07) is 59.1. The molecule has 0 unspecified atom stereocenters. The fourth-order valence-corrected chi connectivity index (χ4v) is 5.97. The Balaban J connectivity index is 1.41. The van der Waals surface area contributed by atoms with Crippen molar-refractivity contribution in [3.63, 3.8) is 0 Å². The van der Waals surface area contributed by atoms with Crippen LogP contribution in [-0.2, 0) is 0 Å². The molecule has 0 fully saturated rings. The van der Waals surface area contributed by atoms with Gasteiger partial charge in [0.25, 0.3) is 0 Å². The Morgan fingerprint density at radius 3 is 1.75 bits per heavy atom. The van der Waals surface area contributed by atoms with Crippen LogP contribution in [0.3, 0.4) is 0 Å². The van der Waals surface area contributed by atoms with Crippen molar-refractivity contribution in [3.05, 3.63) is 170 Å². The summed E-state index contributed by atoms with van der Waals surface area (Å²) in [6.45, 7) is 0. The van der Waals surface area contributed by atoms with Gasteiger partial charge in [-0.2, -0.15) is 0 Å². The zero-order chi connectivity index (χ0) is 29.3.